The molecular formula is C47H29N3O. The Morgan fingerprint density at radius 2 is 0.941 bits per heavy atom. The minimum Gasteiger partial charge on any atom is -0.455 e. The predicted octanol–water partition coefficient (Wildman–Crippen LogP) is 12.4. The van der Waals surface area contributed by atoms with Gasteiger partial charge in [-0.3, -0.25) is 0 Å². The van der Waals surface area contributed by atoms with Gasteiger partial charge in [-0.05, 0) is 34.5 Å². The summed E-state index contributed by atoms with van der Waals surface area (Å²) in [6, 6.07) is 60.7. The molecule has 4 nitrogen and oxygen atoms in total. The van der Waals surface area contributed by atoms with Gasteiger partial charge in [0.15, 0.2) is 5.82 Å². The van der Waals surface area contributed by atoms with Gasteiger partial charge in [0.2, 0.25) is 0 Å². The van der Waals surface area contributed by atoms with Crippen LogP contribution in [-0.2, 0) is 0 Å². The minimum atomic E-state index is 0.705. The molecule has 0 saturated carbocycles. The second-order valence-corrected chi connectivity index (χ2v) is 12.7. The van der Waals surface area contributed by atoms with Crippen molar-refractivity contribution in [3.8, 4) is 56.4 Å². The topological polar surface area (TPSA) is 51.8 Å². The number of pyridine rings is 1. The Kier molecular flexibility index (Phi) is 6.78. The first-order valence-electron chi connectivity index (χ1n) is 17.1. The lowest BCUT2D eigenvalue weighted by Crippen LogP contribution is -1.95. The van der Waals surface area contributed by atoms with Gasteiger partial charge in [0.25, 0.3) is 0 Å². The van der Waals surface area contributed by atoms with E-state index >= 15 is 0 Å². The fourth-order valence-electron chi connectivity index (χ4n) is 7.29. The number of fused-ring (bicyclic) bond motifs is 5. The zero-order chi connectivity index (χ0) is 33.7. The van der Waals surface area contributed by atoms with E-state index in [9.17, 15) is 0 Å². The standard InChI is InChI=1S/C47H29N3O/c1-3-15-31(16-4-1)44-42-41(36-23-13-19-30-14-7-8-20-35(30)36)45(51-46(42)38-22-10-12-25-40(38)48-44)33-28-26-32(27-29-33)43-37-21-9-11-24-39(37)49-47(50-43)34-17-5-2-6-18-34/h1-29H. The fraction of sp³-hybridized carbons (Fsp3) is 0. The molecule has 3 aromatic heterocycles. The van der Waals surface area contributed by atoms with E-state index < -0.39 is 0 Å². The lowest BCUT2D eigenvalue weighted by Gasteiger charge is -2.12. The SMILES string of the molecule is c1ccc(-c2nc(-c3ccc(-c4oc5c(c(-c6ccccc6)nc6ccccc65)c4-c4cccc5ccccc45)cc3)c3ccccc3n2)cc1. The van der Waals surface area contributed by atoms with Crippen LogP contribution in [0.3, 0.4) is 0 Å². The quantitative estimate of drug-likeness (QED) is 0.186. The third kappa shape index (κ3) is 4.88. The number of hydrogen-bond acceptors (Lipinski definition) is 4. The first-order chi connectivity index (χ1) is 25.3. The van der Waals surface area contributed by atoms with Crippen LogP contribution in [0.1, 0.15) is 0 Å². The van der Waals surface area contributed by atoms with Crippen molar-refractivity contribution in [2.75, 3.05) is 0 Å². The monoisotopic (exact) mass is 651 g/mol. The molecule has 0 spiro atoms. The van der Waals surface area contributed by atoms with Crippen LogP contribution in [0.2, 0.25) is 0 Å². The van der Waals surface area contributed by atoms with E-state index in [0.717, 1.165) is 88.7 Å². The molecule has 0 saturated heterocycles. The summed E-state index contributed by atoms with van der Waals surface area (Å²) in [4.78, 5) is 15.3. The number of aromatic nitrogens is 3. The summed E-state index contributed by atoms with van der Waals surface area (Å²) in [5.41, 5.74) is 10.6. The van der Waals surface area contributed by atoms with Crippen molar-refractivity contribution >= 4 is 43.5 Å². The predicted molar refractivity (Wildman–Crippen MR) is 209 cm³/mol. The molecule has 0 amide bonds. The summed E-state index contributed by atoms with van der Waals surface area (Å²) in [5.74, 6) is 1.51. The van der Waals surface area contributed by atoms with Gasteiger partial charge in [0.1, 0.15) is 11.3 Å². The molecule has 0 aliphatic carbocycles. The van der Waals surface area contributed by atoms with E-state index in [0.29, 0.717) is 5.82 Å². The Labute approximate surface area is 294 Å². The largest absolute Gasteiger partial charge is 0.455 e. The number of hydrogen-bond donors (Lipinski definition) is 0. The van der Waals surface area contributed by atoms with Crippen LogP contribution >= 0.6 is 0 Å². The van der Waals surface area contributed by atoms with E-state index in [4.69, 9.17) is 19.4 Å². The molecule has 0 unspecified atom stereocenters. The smallest absolute Gasteiger partial charge is 0.160 e. The number of benzene rings is 7. The summed E-state index contributed by atoms with van der Waals surface area (Å²) >= 11 is 0. The molecule has 10 rings (SSSR count). The molecule has 238 valence electrons. The molecule has 3 heterocycles. The molecule has 7 aromatic carbocycles. The van der Waals surface area contributed by atoms with Crippen molar-refractivity contribution in [3.63, 3.8) is 0 Å². The van der Waals surface area contributed by atoms with E-state index in [1.807, 2.05) is 42.5 Å². The summed E-state index contributed by atoms with van der Waals surface area (Å²) in [5, 5.41) is 5.33. The normalized spacial score (nSPS) is 11.5. The maximum Gasteiger partial charge on any atom is 0.160 e. The Morgan fingerprint density at radius 3 is 1.71 bits per heavy atom. The third-order valence-electron chi connectivity index (χ3n) is 9.69. The Balaban J connectivity index is 1.24. The summed E-state index contributed by atoms with van der Waals surface area (Å²) in [7, 11) is 0. The lowest BCUT2D eigenvalue weighted by molar-refractivity contribution is 0.636. The number of para-hydroxylation sites is 2. The number of furan rings is 1. The van der Waals surface area contributed by atoms with Gasteiger partial charge in [0.05, 0.1) is 27.8 Å². The van der Waals surface area contributed by atoms with Crippen LogP contribution in [-0.4, -0.2) is 15.0 Å². The molecule has 51 heavy (non-hydrogen) atoms. The molecule has 0 fully saturated rings. The van der Waals surface area contributed by atoms with Crippen molar-refractivity contribution in [2.45, 2.75) is 0 Å². The maximum atomic E-state index is 7.09. The first kappa shape index (κ1) is 29.0. The summed E-state index contributed by atoms with van der Waals surface area (Å²) in [6.07, 6.45) is 0. The van der Waals surface area contributed by atoms with Crippen LogP contribution in [0.5, 0.6) is 0 Å². The molecule has 0 atom stereocenters. The average molecular weight is 652 g/mol. The van der Waals surface area contributed by atoms with Gasteiger partial charge < -0.3 is 4.42 Å². The van der Waals surface area contributed by atoms with Crippen LogP contribution in [0.4, 0.5) is 0 Å². The Bertz CT molecular complexity index is 2890. The highest BCUT2D eigenvalue weighted by atomic mass is 16.3. The molecule has 4 heteroatoms. The van der Waals surface area contributed by atoms with Crippen molar-refractivity contribution in [1.82, 2.24) is 15.0 Å². The molecule has 0 aliphatic rings. The van der Waals surface area contributed by atoms with E-state index in [1.54, 1.807) is 0 Å². The average Bonchev–Trinajstić information content (AvgIpc) is 3.61. The zero-order valence-electron chi connectivity index (χ0n) is 27.5. The molecule has 0 bridgehead atoms. The van der Waals surface area contributed by atoms with Crippen molar-refractivity contribution in [1.29, 1.82) is 0 Å². The van der Waals surface area contributed by atoms with Crippen LogP contribution < -0.4 is 0 Å². The summed E-state index contributed by atoms with van der Waals surface area (Å²) < 4.78 is 7.09. The molecule has 0 N–H and O–H groups in total. The fourth-order valence-corrected chi connectivity index (χ4v) is 7.29. The Hall–Kier alpha value is -6.91. The van der Waals surface area contributed by atoms with Crippen molar-refractivity contribution in [2.24, 2.45) is 0 Å². The van der Waals surface area contributed by atoms with E-state index in [2.05, 4.69) is 133 Å². The second kappa shape index (κ2) is 11.9. The minimum absolute atomic E-state index is 0.705. The molecule has 0 aliphatic heterocycles. The van der Waals surface area contributed by atoms with Crippen LogP contribution in [0, 0.1) is 0 Å². The lowest BCUT2D eigenvalue weighted by atomic mass is 9.91. The maximum absolute atomic E-state index is 7.09. The molecule has 0 radical (unpaired) electrons. The van der Waals surface area contributed by atoms with Crippen molar-refractivity contribution in [3.05, 3.63) is 176 Å². The van der Waals surface area contributed by atoms with Gasteiger partial charge in [-0.1, -0.05) is 158 Å². The van der Waals surface area contributed by atoms with Crippen LogP contribution in [0.15, 0.2) is 180 Å². The first-order valence-corrected chi connectivity index (χ1v) is 17.1. The van der Waals surface area contributed by atoms with Gasteiger partial charge in [-0.15, -0.1) is 0 Å². The van der Waals surface area contributed by atoms with Crippen molar-refractivity contribution < 1.29 is 4.42 Å². The zero-order valence-corrected chi connectivity index (χ0v) is 27.5. The third-order valence-corrected chi connectivity index (χ3v) is 9.69. The van der Waals surface area contributed by atoms with Gasteiger partial charge in [0, 0.05) is 38.6 Å². The highest BCUT2D eigenvalue weighted by Gasteiger charge is 2.25. The highest BCUT2D eigenvalue weighted by molar-refractivity contribution is 6.19. The molecule has 10 aromatic rings. The van der Waals surface area contributed by atoms with E-state index in [-0.39, 0.29) is 0 Å². The van der Waals surface area contributed by atoms with E-state index in [1.165, 1.54) is 5.39 Å². The Morgan fingerprint density at radius 1 is 0.373 bits per heavy atom. The number of rotatable bonds is 5. The second-order valence-electron chi connectivity index (χ2n) is 12.7. The van der Waals surface area contributed by atoms with Gasteiger partial charge in [-0.2, -0.15) is 0 Å². The van der Waals surface area contributed by atoms with Gasteiger partial charge in [-0.25, -0.2) is 15.0 Å². The highest BCUT2D eigenvalue weighted by Crippen LogP contribution is 2.48. The molecular weight excluding hydrogens is 623 g/mol. The number of nitrogens with zero attached hydrogens (tertiary/aromatic N) is 3. The summed E-state index contributed by atoms with van der Waals surface area (Å²) in [6.45, 7) is 0. The van der Waals surface area contributed by atoms with Gasteiger partial charge >= 0.3 is 0 Å². The van der Waals surface area contributed by atoms with Crippen LogP contribution in [0.25, 0.3) is 99.9 Å².